The monoisotopic (exact) mass is 456 g/mol. The van der Waals surface area contributed by atoms with Crippen molar-refractivity contribution in [1.82, 2.24) is 9.21 Å². The molecule has 140 valence electrons. The van der Waals surface area contributed by atoms with Gasteiger partial charge in [-0.05, 0) is 46.5 Å². The molecule has 0 unspecified atom stereocenters. The van der Waals surface area contributed by atoms with Gasteiger partial charge in [0.05, 0.1) is 9.70 Å². The molecule has 5 nitrogen and oxygen atoms in total. The minimum Gasteiger partial charge on any atom is -0.341 e. The molecule has 0 spiro atoms. The Morgan fingerprint density at radius 1 is 1.27 bits per heavy atom. The van der Waals surface area contributed by atoms with Gasteiger partial charge in [-0.3, -0.25) is 4.79 Å². The molecule has 1 fully saturated rings. The van der Waals surface area contributed by atoms with Crippen LogP contribution in [0.5, 0.6) is 0 Å². The number of thiophene rings is 1. The second-order valence-corrected chi connectivity index (χ2v) is 11.1. The summed E-state index contributed by atoms with van der Waals surface area (Å²) in [6, 6.07) is 13.1. The van der Waals surface area contributed by atoms with Gasteiger partial charge in [-0.1, -0.05) is 30.3 Å². The van der Waals surface area contributed by atoms with Crippen molar-refractivity contribution in [2.45, 2.75) is 23.6 Å². The van der Waals surface area contributed by atoms with Gasteiger partial charge in [0.1, 0.15) is 4.21 Å². The second-order valence-electron chi connectivity index (χ2n) is 6.44. The first-order valence-corrected chi connectivity index (χ1v) is 11.5. The maximum absolute atomic E-state index is 12.8. The third-order valence-corrected chi connectivity index (χ3v) is 8.47. The average Bonchev–Trinajstić information content (AvgIpc) is 3.09. The van der Waals surface area contributed by atoms with Crippen LogP contribution >= 0.6 is 27.3 Å². The van der Waals surface area contributed by atoms with Crippen LogP contribution in [-0.4, -0.2) is 43.7 Å². The molecule has 1 aliphatic heterocycles. The highest BCUT2D eigenvalue weighted by Crippen LogP contribution is 2.31. The highest BCUT2D eigenvalue weighted by molar-refractivity contribution is 9.11. The number of piperidine rings is 1. The predicted molar refractivity (Wildman–Crippen MR) is 106 cm³/mol. The predicted octanol–water partition coefficient (Wildman–Crippen LogP) is 3.57. The van der Waals surface area contributed by atoms with Crippen LogP contribution in [0.15, 0.2) is 50.5 Å². The molecule has 1 amide bonds. The van der Waals surface area contributed by atoms with Crippen molar-refractivity contribution in [1.29, 1.82) is 0 Å². The molecule has 0 saturated carbocycles. The molecule has 0 bridgehead atoms. The van der Waals surface area contributed by atoms with Crippen molar-refractivity contribution >= 4 is 43.2 Å². The molecular formula is C18H21BrN2O3S2. The van der Waals surface area contributed by atoms with Crippen molar-refractivity contribution in [3.63, 3.8) is 0 Å². The fourth-order valence-electron chi connectivity index (χ4n) is 3.17. The number of amides is 1. The third kappa shape index (κ3) is 4.36. The van der Waals surface area contributed by atoms with E-state index < -0.39 is 10.0 Å². The lowest BCUT2D eigenvalue weighted by atomic mass is 9.98. The molecule has 0 N–H and O–H groups in total. The fourth-order valence-corrected chi connectivity index (χ4v) is 6.86. The van der Waals surface area contributed by atoms with Gasteiger partial charge in [0, 0.05) is 26.7 Å². The summed E-state index contributed by atoms with van der Waals surface area (Å²) in [6.45, 7) is 1.24. The first kappa shape index (κ1) is 19.5. The van der Waals surface area contributed by atoms with Crippen LogP contribution in [0, 0.1) is 5.92 Å². The lowest BCUT2D eigenvalue weighted by Gasteiger charge is -2.33. The quantitative estimate of drug-likeness (QED) is 0.690. The molecule has 2 heterocycles. The van der Waals surface area contributed by atoms with Crippen LogP contribution < -0.4 is 0 Å². The zero-order valence-corrected chi connectivity index (χ0v) is 17.7. The van der Waals surface area contributed by atoms with Crippen LogP contribution in [0.25, 0.3) is 0 Å². The smallest absolute Gasteiger partial charge is 0.252 e. The Kier molecular flexibility index (Phi) is 6.17. The molecule has 1 aromatic heterocycles. The first-order chi connectivity index (χ1) is 12.4. The van der Waals surface area contributed by atoms with Crippen LogP contribution in [0.1, 0.15) is 18.4 Å². The number of carbonyl (C=O) groups excluding carboxylic acids is 1. The molecule has 26 heavy (non-hydrogen) atoms. The maximum Gasteiger partial charge on any atom is 0.252 e. The minimum absolute atomic E-state index is 0.00103. The lowest BCUT2D eigenvalue weighted by molar-refractivity contribution is -0.135. The molecule has 8 heteroatoms. The number of hydrogen-bond donors (Lipinski definition) is 0. The number of sulfonamides is 1. The van der Waals surface area contributed by atoms with E-state index >= 15 is 0 Å². The van der Waals surface area contributed by atoms with E-state index in [1.807, 2.05) is 30.3 Å². The third-order valence-electron chi connectivity index (χ3n) is 4.51. The van der Waals surface area contributed by atoms with Crippen LogP contribution in [0.2, 0.25) is 0 Å². The van der Waals surface area contributed by atoms with Crippen LogP contribution in [0.3, 0.4) is 0 Å². The van der Waals surface area contributed by atoms with Gasteiger partial charge in [0.25, 0.3) is 10.0 Å². The number of hydrogen-bond acceptors (Lipinski definition) is 4. The van der Waals surface area contributed by atoms with Gasteiger partial charge in [0.2, 0.25) is 5.91 Å². The Hall–Kier alpha value is -1.22. The van der Waals surface area contributed by atoms with Crippen LogP contribution in [0.4, 0.5) is 0 Å². The summed E-state index contributed by atoms with van der Waals surface area (Å²) in [5, 5.41) is 0. The minimum atomic E-state index is -3.54. The number of rotatable bonds is 5. The van der Waals surface area contributed by atoms with E-state index in [0.717, 1.165) is 15.8 Å². The van der Waals surface area contributed by atoms with E-state index in [1.165, 1.54) is 15.6 Å². The zero-order chi connectivity index (χ0) is 18.7. The Morgan fingerprint density at radius 3 is 2.65 bits per heavy atom. The highest BCUT2D eigenvalue weighted by Gasteiger charge is 2.35. The number of halogens is 1. The SMILES string of the molecule is CN(Cc1ccccc1)C(=O)[C@H]1CCCN(S(=O)(=O)c2ccc(Br)s2)C1. The molecule has 1 saturated heterocycles. The topological polar surface area (TPSA) is 57.7 Å². The number of nitrogens with zero attached hydrogens (tertiary/aromatic N) is 2. The van der Waals surface area contributed by atoms with E-state index in [1.54, 1.807) is 24.1 Å². The summed E-state index contributed by atoms with van der Waals surface area (Å²) in [5.74, 6) is -0.295. The Labute approximate surface area is 166 Å². The largest absolute Gasteiger partial charge is 0.341 e. The van der Waals surface area contributed by atoms with Crippen molar-refractivity contribution < 1.29 is 13.2 Å². The van der Waals surface area contributed by atoms with Crippen molar-refractivity contribution in [3.8, 4) is 0 Å². The van der Waals surface area contributed by atoms with Gasteiger partial charge >= 0.3 is 0 Å². The normalized spacial score (nSPS) is 18.6. The van der Waals surface area contributed by atoms with E-state index in [-0.39, 0.29) is 18.4 Å². The van der Waals surface area contributed by atoms with Gasteiger partial charge in [-0.2, -0.15) is 4.31 Å². The molecule has 1 aromatic carbocycles. The summed E-state index contributed by atoms with van der Waals surface area (Å²) < 4.78 is 28.2. The average molecular weight is 457 g/mol. The second kappa shape index (κ2) is 8.21. The zero-order valence-electron chi connectivity index (χ0n) is 14.5. The molecule has 0 aliphatic carbocycles. The summed E-state index contributed by atoms with van der Waals surface area (Å²) in [6.07, 6.45) is 1.42. The summed E-state index contributed by atoms with van der Waals surface area (Å²) in [4.78, 5) is 14.5. The van der Waals surface area contributed by atoms with Gasteiger partial charge in [0.15, 0.2) is 0 Å². The molecule has 0 radical (unpaired) electrons. The molecular weight excluding hydrogens is 436 g/mol. The van der Waals surface area contributed by atoms with Gasteiger partial charge in [-0.15, -0.1) is 11.3 Å². The Morgan fingerprint density at radius 2 is 2.00 bits per heavy atom. The molecule has 1 aliphatic rings. The standard InChI is InChI=1S/C18H21BrN2O3S2/c1-20(12-14-6-3-2-4-7-14)18(22)15-8-5-11-21(13-15)26(23,24)17-10-9-16(19)25-17/h2-4,6-7,9-10,15H,5,8,11-13H2,1H3/t15-/m0/s1. The summed E-state index contributed by atoms with van der Waals surface area (Å²) >= 11 is 4.51. The van der Waals surface area contributed by atoms with E-state index in [9.17, 15) is 13.2 Å². The summed E-state index contributed by atoms with van der Waals surface area (Å²) in [7, 11) is -1.76. The van der Waals surface area contributed by atoms with E-state index in [2.05, 4.69) is 15.9 Å². The maximum atomic E-state index is 12.8. The van der Waals surface area contributed by atoms with E-state index in [0.29, 0.717) is 23.7 Å². The molecule has 2 aromatic rings. The first-order valence-electron chi connectivity index (χ1n) is 8.42. The van der Waals surface area contributed by atoms with E-state index in [4.69, 9.17) is 0 Å². The number of carbonyl (C=O) groups is 1. The highest BCUT2D eigenvalue weighted by atomic mass is 79.9. The Balaban J connectivity index is 1.68. The number of benzene rings is 1. The fraction of sp³-hybridized carbons (Fsp3) is 0.389. The van der Waals surface area contributed by atoms with Crippen molar-refractivity contribution in [2.24, 2.45) is 5.92 Å². The van der Waals surface area contributed by atoms with Crippen LogP contribution in [-0.2, 0) is 21.4 Å². The van der Waals surface area contributed by atoms with Gasteiger partial charge < -0.3 is 4.90 Å². The molecule has 1 atom stereocenters. The summed E-state index contributed by atoms with van der Waals surface area (Å²) in [5.41, 5.74) is 1.06. The van der Waals surface area contributed by atoms with Crippen molar-refractivity contribution in [3.05, 3.63) is 51.8 Å². The lowest BCUT2D eigenvalue weighted by Crippen LogP contribution is -2.45. The van der Waals surface area contributed by atoms with Gasteiger partial charge in [-0.25, -0.2) is 8.42 Å². The molecule has 3 rings (SSSR count). The van der Waals surface area contributed by atoms with Crippen molar-refractivity contribution in [2.75, 3.05) is 20.1 Å². The Bertz CT molecular complexity index is 868.